The summed E-state index contributed by atoms with van der Waals surface area (Å²) in [4.78, 5) is 35.9. The highest BCUT2D eigenvalue weighted by atomic mass is 16.6. The molecule has 0 radical (unpaired) electrons. The molecule has 3 heterocycles. The number of aromatic nitrogens is 2. The first-order valence-electron chi connectivity index (χ1n) is 12.5. The third-order valence-electron chi connectivity index (χ3n) is 6.07. The highest BCUT2D eigenvalue weighted by Gasteiger charge is 2.35. The highest BCUT2D eigenvalue weighted by Crippen LogP contribution is 2.31. The Kier molecular flexibility index (Phi) is 6.86. The van der Waals surface area contributed by atoms with Crippen molar-refractivity contribution in [2.24, 2.45) is 0 Å². The number of hydrogen-bond donors (Lipinski definition) is 1. The Morgan fingerprint density at radius 3 is 2.49 bits per heavy atom. The van der Waals surface area contributed by atoms with E-state index in [0.717, 1.165) is 16.5 Å². The second-order valence-electron chi connectivity index (χ2n) is 10.2. The minimum atomic E-state index is -0.587. The fourth-order valence-corrected chi connectivity index (χ4v) is 4.10. The van der Waals surface area contributed by atoms with Gasteiger partial charge >= 0.3 is 6.09 Å². The van der Waals surface area contributed by atoms with Crippen LogP contribution in [0, 0.1) is 11.3 Å². The average Bonchev–Trinajstić information content (AvgIpc) is 2.89. The molecule has 196 valence electrons. The van der Waals surface area contributed by atoms with Crippen LogP contribution >= 0.6 is 0 Å². The Bertz CT molecular complexity index is 1580. The zero-order chi connectivity index (χ0) is 27.6. The van der Waals surface area contributed by atoms with Crippen LogP contribution in [0.4, 0.5) is 10.6 Å². The Morgan fingerprint density at radius 2 is 1.77 bits per heavy atom. The number of carbonyl (C=O) groups is 2. The largest absolute Gasteiger partial charge is 0.486 e. The van der Waals surface area contributed by atoms with Crippen LogP contribution in [0.1, 0.15) is 36.7 Å². The number of benzene rings is 2. The van der Waals surface area contributed by atoms with E-state index in [0.29, 0.717) is 41.4 Å². The van der Waals surface area contributed by atoms with Crippen molar-refractivity contribution in [1.82, 2.24) is 14.9 Å². The van der Waals surface area contributed by atoms with E-state index in [1.807, 2.05) is 57.2 Å². The second kappa shape index (κ2) is 10.4. The lowest BCUT2D eigenvalue weighted by atomic mass is 10.0. The highest BCUT2D eigenvalue weighted by molar-refractivity contribution is 6.06. The van der Waals surface area contributed by atoms with Crippen LogP contribution in [0.15, 0.2) is 72.9 Å². The predicted octanol–water partition coefficient (Wildman–Crippen LogP) is 5.42. The molecule has 0 aliphatic carbocycles. The van der Waals surface area contributed by atoms with E-state index in [4.69, 9.17) is 14.7 Å². The minimum Gasteiger partial charge on any atom is -0.486 e. The Morgan fingerprint density at radius 1 is 1.03 bits per heavy atom. The number of nitrogens with zero attached hydrogens (tertiary/aromatic N) is 4. The van der Waals surface area contributed by atoms with Gasteiger partial charge in [-0.15, -0.1) is 0 Å². The van der Waals surface area contributed by atoms with Crippen molar-refractivity contribution in [3.8, 4) is 22.9 Å². The summed E-state index contributed by atoms with van der Waals surface area (Å²) in [7, 11) is 0. The summed E-state index contributed by atoms with van der Waals surface area (Å²) < 4.78 is 11.7. The van der Waals surface area contributed by atoms with Gasteiger partial charge < -0.3 is 19.7 Å². The third kappa shape index (κ3) is 5.96. The molecule has 1 saturated heterocycles. The Labute approximate surface area is 226 Å². The van der Waals surface area contributed by atoms with Gasteiger partial charge in [0.2, 0.25) is 0 Å². The molecule has 5 rings (SSSR count). The van der Waals surface area contributed by atoms with Crippen molar-refractivity contribution in [3.05, 3.63) is 84.1 Å². The molecule has 4 aromatic rings. The van der Waals surface area contributed by atoms with Crippen LogP contribution in [0.2, 0.25) is 0 Å². The summed E-state index contributed by atoms with van der Waals surface area (Å²) in [6.45, 7) is 6.14. The lowest BCUT2D eigenvalue weighted by Gasteiger charge is -2.39. The third-order valence-corrected chi connectivity index (χ3v) is 6.07. The van der Waals surface area contributed by atoms with Crippen molar-refractivity contribution in [2.75, 3.05) is 18.4 Å². The van der Waals surface area contributed by atoms with Gasteiger partial charge in [0, 0.05) is 11.6 Å². The van der Waals surface area contributed by atoms with Crippen LogP contribution in [-0.2, 0) is 4.74 Å². The van der Waals surface area contributed by atoms with Crippen molar-refractivity contribution < 1.29 is 19.1 Å². The molecule has 2 amide bonds. The van der Waals surface area contributed by atoms with Gasteiger partial charge in [0.15, 0.2) is 5.65 Å². The molecule has 1 N–H and O–H groups in total. The van der Waals surface area contributed by atoms with Gasteiger partial charge in [-0.3, -0.25) is 4.79 Å². The van der Waals surface area contributed by atoms with Crippen LogP contribution in [0.5, 0.6) is 5.75 Å². The van der Waals surface area contributed by atoms with E-state index in [9.17, 15) is 9.59 Å². The number of carbonyl (C=O) groups excluding carboxylic acids is 2. The first kappa shape index (κ1) is 25.7. The number of likely N-dealkylation sites (tertiary alicyclic amines) is 1. The molecule has 1 aliphatic rings. The fraction of sp³-hybridized carbons (Fsp3) is 0.233. The van der Waals surface area contributed by atoms with Crippen molar-refractivity contribution >= 4 is 28.9 Å². The fourth-order valence-electron chi connectivity index (χ4n) is 4.10. The number of rotatable bonds is 5. The van der Waals surface area contributed by atoms with E-state index < -0.39 is 11.7 Å². The summed E-state index contributed by atoms with van der Waals surface area (Å²) in [6, 6.07) is 21.9. The number of nitrogens with one attached hydrogen (secondary N) is 1. The molecule has 0 bridgehead atoms. The van der Waals surface area contributed by atoms with Crippen molar-refractivity contribution in [2.45, 2.75) is 32.5 Å². The first-order valence-corrected chi connectivity index (χ1v) is 12.5. The molecule has 9 nitrogen and oxygen atoms in total. The van der Waals surface area contributed by atoms with Crippen LogP contribution in [0.25, 0.3) is 22.2 Å². The predicted molar refractivity (Wildman–Crippen MR) is 146 cm³/mol. The average molecular weight is 522 g/mol. The molecule has 0 spiro atoms. The van der Waals surface area contributed by atoms with E-state index in [2.05, 4.69) is 21.4 Å². The maximum atomic E-state index is 13.3. The SMILES string of the molecule is CC(C)(C)OC(=O)N1CC(Oc2cc(-c3ccc(C#N)cc3)ccc2C(=O)Nc2ccc3cccnc3n2)C1. The van der Waals surface area contributed by atoms with Gasteiger partial charge in [0.25, 0.3) is 5.91 Å². The van der Waals surface area contributed by atoms with Crippen LogP contribution < -0.4 is 10.1 Å². The number of anilines is 1. The maximum Gasteiger partial charge on any atom is 0.410 e. The van der Waals surface area contributed by atoms with E-state index in [-0.39, 0.29) is 12.0 Å². The van der Waals surface area contributed by atoms with Crippen LogP contribution in [0.3, 0.4) is 0 Å². The van der Waals surface area contributed by atoms with Crippen molar-refractivity contribution in [1.29, 1.82) is 5.26 Å². The summed E-state index contributed by atoms with van der Waals surface area (Å²) in [6.07, 6.45) is 0.944. The molecule has 1 fully saturated rings. The lowest BCUT2D eigenvalue weighted by Crippen LogP contribution is -2.57. The Balaban J connectivity index is 1.38. The van der Waals surface area contributed by atoms with Crippen LogP contribution in [-0.4, -0.2) is 51.7 Å². The number of fused-ring (bicyclic) bond motifs is 1. The maximum absolute atomic E-state index is 13.3. The second-order valence-corrected chi connectivity index (χ2v) is 10.2. The summed E-state index contributed by atoms with van der Waals surface area (Å²) in [5.74, 6) is 0.359. The number of hydrogen-bond acceptors (Lipinski definition) is 7. The van der Waals surface area contributed by atoms with Gasteiger partial charge in [0.1, 0.15) is 23.3 Å². The zero-order valence-corrected chi connectivity index (χ0v) is 21.8. The molecule has 0 saturated carbocycles. The molecule has 39 heavy (non-hydrogen) atoms. The lowest BCUT2D eigenvalue weighted by molar-refractivity contribution is -0.0223. The van der Waals surface area contributed by atoms with Crippen molar-refractivity contribution in [3.63, 3.8) is 0 Å². The monoisotopic (exact) mass is 521 g/mol. The van der Waals surface area contributed by atoms with Gasteiger partial charge in [-0.2, -0.15) is 5.26 Å². The molecule has 0 atom stereocenters. The smallest absolute Gasteiger partial charge is 0.410 e. The summed E-state index contributed by atoms with van der Waals surface area (Å²) in [5, 5.41) is 12.8. The molecule has 1 aliphatic heterocycles. The number of ether oxygens (including phenoxy) is 2. The normalized spacial score (nSPS) is 13.3. The molecule has 9 heteroatoms. The summed E-state index contributed by atoms with van der Waals surface area (Å²) >= 11 is 0. The number of amides is 2. The minimum absolute atomic E-state index is 0.303. The Hall–Kier alpha value is -4.97. The molecular formula is C30H27N5O4. The van der Waals surface area contributed by atoms with E-state index in [1.165, 1.54) is 0 Å². The van der Waals surface area contributed by atoms with E-state index in [1.54, 1.807) is 41.4 Å². The quantitative estimate of drug-likeness (QED) is 0.373. The number of pyridine rings is 2. The van der Waals surface area contributed by atoms with Gasteiger partial charge in [0.05, 0.1) is 30.3 Å². The van der Waals surface area contributed by atoms with Gasteiger partial charge in [-0.05, 0) is 80.4 Å². The summed E-state index contributed by atoms with van der Waals surface area (Å²) in [5.41, 5.74) is 2.51. The standard InChI is InChI=1S/C30H27N5O4/c1-30(2,3)39-29(37)35-17-23(18-35)38-25-15-22(20-8-6-19(16-31)7-9-20)10-12-24(25)28(36)34-26-13-11-21-5-4-14-32-27(21)33-26/h4-15,23H,17-18H2,1-3H3,(H,32,33,34,36). The number of nitriles is 1. The van der Waals surface area contributed by atoms with Gasteiger partial charge in [-0.25, -0.2) is 14.8 Å². The topological polar surface area (TPSA) is 117 Å². The molecule has 2 aromatic heterocycles. The van der Waals surface area contributed by atoms with Gasteiger partial charge in [-0.1, -0.05) is 18.2 Å². The molecule has 2 aromatic carbocycles. The zero-order valence-electron chi connectivity index (χ0n) is 21.8. The molecular weight excluding hydrogens is 494 g/mol. The molecule has 0 unspecified atom stereocenters. The first-order chi connectivity index (χ1) is 18.7. The van der Waals surface area contributed by atoms with E-state index >= 15 is 0 Å².